The summed E-state index contributed by atoms with van der Waals surface area (Å²) in [5.41, 5.74) is -2.32. The lowest BCUT2D eigenvalue weighted by molar-refractivity contribution is -0.521. The molecule has 1 heterocycles. The van der Waals surface area contributed by atoms with E-state index in [4.69, 9.17) is 18.9 Å². The van der Waals surface area contributed by atoms with E-state index < -0.39 is 47.6 Å². The first kappa shape index (κ1) is 21.5. The molecule has 0 aromatic heterocycles. The van der Waals surface area contributed by atoms with Gasteiger partial charge in [0, 0.05) is 12.8 Å². The summed E-state index contributed by atoms with van der Waals surface area (Å²) in [4.78, 5) is 11.7. The standard InChI is InChI=1S/C22H24O9/c1-13-17(24)18-20(13,25)22(27,31-16-11-7-4-8-12-16)21(26,19(29-18)28-14(2)23)30-15-9-5-3-6-10-15/h3-13,17-19,24-27H,1-2H3/t13?,17?,18-,19-,20-,21-,22-/m1/s1. The molecule has 0 radical (unpaired) electrons. The fourth-order valence-electron chi connectivity index (χ4n) is 4.14. The summed E-state index contributed by atoms with van der Waals surface area (Å²) >= 11 is 0. The monoisotopic (exact) mass is 432 g/mol. The van der Waals surface area contributed by atoms with Gasteiger partial charge >= 0.3 is 17.5 Å². The molecule has 31 heavy (non-hydrogen) atoms. The fraction of sp³-hybridized carbons (Fsp3) is 0.409. The Morgan fingerprint density at radius 1 is 0.935 bits per heavy atom. The lowest BCUT2D eigenvalue weighted by Crippen LogP contribution is -2.92. The van der Waals surface area contributed by atoms with Crippen molar-refractivity contribution in [1.29, 1.82) is 0 Å². The predicted octanol–water partition coefficient (Wildman–Crippen LogP) is 0.551. The molecular weight excluding hydrogens is 408 g/mol. The maximum absolute atomic E-state index is 11.8. The average molecular weight is 432 g/mol. The summed E-state index contributed by atoms with van der Waals surface area (Å²) in [6.45, 7) is 2.53. The fourth-order valence-corrected chi connectivity index (χ4v) is 4.14. The van der Waals surface area contributed by atoms with Crippen LogP contribution in [0.15, 0.2) is 60.7 Å². The van der Waals surface area contributed by atoms with Crippen LogP contribution in [0.4, 0.5) is 0 Å². The Morgan fingerprint density at radius 3 is 1.97 bits per heavy atom. The summed E-state index contributed by atoms with van der Waals surface area (Å²) < 4.78 is 22.1. The Bertz CT molecular complexity index is 939. The zero-order valence-electron chi connectivity index (χ0n) is 16.9. The molecule has 0 bridgehead atoms. The number of carbonyl (C=O) groups excluding carboxylic acids is 1. The van der Waals surface area contributed by atoms with Crippen molar-refractivity contribution in [2.45, 2.75) is 49.5 Å². The molecule has 0 spiro atoms. The van der Waals surface area contributed by atoms with Crippen LogP contribution in [-0.2, 0) is 14.3 Å². The van der Waals surface area contributed by atoms with E-state index in [0.717, 1.165) is 6.92 Å². The number of benzene rings is 2. The van der Waals surface area contributed by atoms with Crippen LogP contribution >= 0.6 is 0 Å². The quantitative estimate of drug-likeness (QED) is 0.395. The highest BCUT2D eigenvalue weighted by molar-refractivity contribution is 5.66. The topological polar surface area (TPSA) is 135 Å². The van der Waals surface area contributed by atoms with Crippen LogP contribution in [0.2, 0.25) is 0 Å². The van der Waals surface area contributed by atoms with Crippen LogP contribution in [-0.4, -0.2) is 62.1 Å². The molecule has 4 N–H and O–H groups in total. The highest BCUT2D eigenvalue weighted by Crippen LogP contribution is 2.57. The molecule has 7 atom stereocenters. The summed E-state index contributed by atoms with van der Waals surface area (Å²) in [5.74, 6) is -7.52. The second-order valence-corrected chi connectivity index (χ2v) is 7.77. The summed E-state index contributed by atoms with van der Waals surface area (Å²) in [7, 11) is 0. The third-order valence-corrected chi connectivity index (χ3v) is 5.87. The molecule has 9 nitrogen and oxygen atoms in total. The van der Waals surface area contributed by atoms with Crippen LogP contribution in [0.3, 0.4) is 0 Å². The summed E-state index contributed by atoms with van der Waals surface area (Å²) in [6.07, 6.45) is -4.60. The van der Waals surface area contributed by atoms with Crippen molar-refractivity contribution in [2.24, 2.45) is 5.92 Å². The van der Waals surface area contributed by atoms with Crippen molar-refractivity contribution in [1.82, 2.24) is 0 Å². The molecule has 4 rings (SSSR count). The number of aliphatic hydroxyl groups is 4. The number of rotatable bonds is 5. The molecule has 0 amide bonds. The molecular formula is C22H24O9. The predicted molar refractivity (Wildman–Crippen MR) is 105 cm³/mol. The molecule has 2 unspecified atom stereocenters. The normalized spacial score (nSPS) is 39.0. The number of aliphatic hydroxyl groups excluding tert-OH is 1. The lowest BCUT2D eigenvalue weighted by Gasteiger charge is -2.66. The van der Waals surface area contributed by atoms with E-state index in [-0.39, 0.29) is 11.5 Å². The van der Waals surface area contributed by atoms with Gasteiger partial charge in [-0.25, -0.2) is 0 Å². The van der Waals surface area contributed by atoms with Gasteiger partial charge in [0.15, 0.2) is 5.60 Å². The van der Waals surface area contributed by atoms with Gasteiger partial charge < -0.3 is 39.4 Å². The maximum Gasteiger partial charge on any atom is 0.341 e. The number of esters is 1. The number of ether oxygens (including phenoxy) is 4. The zero-order valence-corrected chi connectivity index (χ0v) is 16.9. The van der Waals surface area contributed by atoms with E-state index in [1.165, 1.54) is 31.2 Å². The largest absolute Gasteiger partial charge is 0.453 e. The van der Waals surface area contributed by atoms with Gasteiger partial charge in [-0.1, -0.05) is 43.3 Å². The van der Waals surface area contributed by atoms with Gasteiger partial charge in [-0.3, -0.25) is 4.79 Å². The Kier molecular flexibility index (Phi) is 5.19. The summed E-state index contributed by atoms with van der Waals surface area (Å²) in [5, 5.41) is 45.3. The molecule has 9 heteroatoms. The minimum atomic E-state index is -2.92. The Labute approximate surface area is 178 Å². The highest BCUT2D eigenvalue weighted by atomic mass is 16.8. The van der Waals surface area contributed by atoms with Crippen molar-refractivity contribution in [2.75, 3.05) is 0 Å². The van der Waals surface area contributed by atoms with Gasteiger partial charge in [0.25, 0.3) is 6.29 Å². The Balaban J connectivity index is 1.87. The van der Waals surface area contributed by atoms with Gasteiger partial charge in [0.05, 0.1) is 6.10 Å². The first-order valence-electron chi connectivity index (χ1n) is 9.79. The van der Waals surface area contributed by atoms with Crippen molar-refractivity contribution < 1.29 is 44.2 Å². The number of carbonyl (C=O) groups is 1. The SMILES string of the molecule is CC(=O)O[C@@H]1O[C@@H]2C(O)C(C)[C@]2(O)[C@@](O)(Oc2ccccc2)[C@]1(O)Oc1ccccc1. The first-order chi connectivity index (χ1) is 14.6. The second kappa shape index (κ2) is 7.47. The van der Waals surface area contributed by atoms with Crippen LogP contribution in [0.5, 0.6) is 11.5 Å². The van der Waals surface area contributed by atoms with Crippen molar-refractivity contribution >= 4 is 5.97 Å². The first-order valence-corrected chi connectivity index (χ1v) is 9.79. The van der Waals surface area contributed by atoms with Gasteiger partial charge in [-0.2, -0.15) is 0 Å². The molecule has 2 fully saturated rings. The van der Waals surface area contributed by atoms with Gasteiger partial charge in [0.1, 0.15) is 17.6 Å². The highest BCUT2D eigenvalue weighted by Gasteiger charge is 2.85. The van der Waals surface area contributed by atoms with Gasteiger partial charge in [0.2, 0.25) is 0 Å². The zero-order chi connectivity index (χ0) is 22.4. The van der Waals surface area contributed by atoms with Crippen LogP contribution in [0.1, 0.15) is 13.8 Å². The summed E-state index contributed by atoms with van der Waals surface area (Å²) in [6, 6.07) is 15.9. The lowest BCUT2D eigenvalue weighted by atomic mass is 9.57. The molecule has 2 aromatic carbocycles. The smallest absolute Gasteiger partial charge is 0.341 e. The molecule has 1 saturated heterocycles. The van der Waals surface area contributed by atoms with E-state index in [1.54, 1.807) is 36.4 Å². The minimum absolute atomic E-state index is 0.0791. The number of fused-ring (bicyclic) bond motifs is 1. The number of para-hydroxylation sites is 2. The van der Waals surface area contributed by atoms with E-state index in [0.29, 0.717) is 0 Å². The van der Waals surface area contributed by atoms with Crippen molar-refractivity contribution in [3.8, 4) is 11.5 Å². The minimum Gasteiger partial charge on any atom is -0.453 e. The third kappa shape index (κ3) is 3.08. The number of hydrogen-bond acceptors (Lipinski definition) is 9. The van der Waals surface area contributed by atoms with Crippen molar-refractivity contribution in [3.63, 3.8) is 0 Å². The van der Waals surface area contributed by atoms with Crippen LogP contribution < -0.4 is 9.47 Å². The molecule has 2 aliphatic rings. The van der Waals surface area contributed by atoms with E-state index in [1.807, 2.05) is 0 Å². The van der Waals surface area contributed by atoms with E-state index in [9.17, 15) is 25.2 Å². The van der Waals surface area contributed by atoms with Gasteiger partial charge in [-0.15, -0.1) is 0 Å². The Hall–Kier alpha value is -2.69. The molecule has 1 aliphatic carbocycles. The van der Waals surface area contributed by atoms with Crippen LogP contribution in [0, 0.1) is 5.92 Å². The van der Waals surface area contributed by atoms with Crippen LogP contribution in [0.25, 0.3) is 0 Å². The van der Waals surface area contributed by atoms with E-state index >= 15 is 0 Å². The maximum atomic E-state index is 11.8. The average Bonchev–Trinajstić information content (AvgIpc) is 2.75. The second-order valence-electron chi connectivity index (χ2n) is 7.77. The Morgan fingerprint density at radius 2 is 1.45 bits per heavy atom. The van der Waals surface area contributed by atoms with Gasteiger partial charge in [-0.05, 0) is 24.3 Å². The third-order valence-electron chi connectivity index (χ3n) is 5.87. The molecule has 166 valence electrons. The molecule has 2 aromatic rings. The number of hydrogen-bond donors (Lipinski definition) is 4. The van der Waals surface area contributed by atoms with Crippen molar-refractivity contribution in [3.05, 3.63) is 60.7 Å². The molecule has 1 aliphatic heterocycles. The molecule has 1 saturated carbocycles. The van der Waals surface area contributed by atoms with E-state index in [2.05, 4.69) is 0 Å².